The molecule has 1 N–H and O–H groups in total. The van der Waals surface area contributed by atoms with Crippen molar-refractivity contribution in [3.63, 3.8) is 0 Å². The van der Waals surface area contributed by atoms with Crippen molar-refractivity contribution in [1.82, 2.24) is 10.3 Å². The normalized spacial score (nSPS) is 10.9. The van der Waals surface area contributed by atoms with Crippen molar-refractivity contribution in [1.29, 1.82) is 0 Å². The first-order chi connectivity index (χ1) is 10.5. The second kappa shape index (κ2) is 7.89. The van der Waals surface area contributed by atoms with Crippen LogP contribution in [-0.2, 0) is 20.7 Å². The van der Waals surface area contributed by atoms with E-state index in [-0.39, 0.29) is 24.9 Å². The third-order valence-corrected chi connectivity index (χ3v) is 4.05. The number of rotatable bonds is 7. The number of benzene rings is 1. The molecule has 1 aromatic heterocycles. The van der Waals surface area contributed by atoms with Crippen LogP contribution < -0.4 is 5.32 Å². The Kier molecular flexibility index (Phi) is 5.89. The number of hydrogen-bond acceptors (Lipinski definition) is 5. The van der Waals surface area contributed by atoms with E-state index in [0.717, 1.165) is 15.2 Å². The number of carbonyl (C=O) groups is 2. The van der Waals surface area contributed by atoms with Crippen LogP contribution >= 0.6 is 11.3 Å². The Morgan fingerprint density at radius 1 is 1.32 bits per heavy atom. The number of para-hydroxylation sites is 1. The van der Waals surface area contributed by atoms with E-state index in [1.54, 1.807) is 11.3 Å². The number of esters is 1. The number of fused-ring (bicyclic) bond motifs is 1. The van der Waals surface area contributed by atoms with Crippen molar-refractivity contribution < 1.29 is 14.3 Å². The monoisotopic (exact) mass is 320 g/mol. The van der Waals surface area contributed by atoms with Crippen molar-refractivity contribution in [3.05, 3.63) is 29.3 Å². The molecule has 0 saturated heterocycles. The van der Waals surface area contributed by atoms with Gasteiger partial charge in [-0.05, 0) is 18.1 Å². The molecule has 0 fully saturated rings. The predicted molar refractivity (Wildman–Crippen MR) is 86.7 cm³/mol. The van der Waals surface area contributed by atoms with Gasteiger partial charge in [0.05, 0.1) is 21.6 Å². The molecule has 118 valence electrons. The second-order valence-electron chi connectivity index (χ2n) is 5.43. The summed E-state index contributed by atoms with van der Waals surface area (Å²) >= 11 is 1.58. The SMILES string of the molecule is CC(C)CNC(=O)COC(=O)CCc1nc2ccccc2s1. The van der Waals surface area contributed by atoms with Crippen LogP contribution in [0.5, 0.6) is 0 Å². The zero-order valence-corrected chi connectivity index (χ0v) is 13.6. The highest BCUT2D eigenvalue weighted by molar-refractivity contribution is 7.18. The molecule has 1 aromatic carbocycles. The zero-order chi connectivity index (χ0) is 15.9. The van der Waals surface area contributed by atoms with Crippen LogP contribution in [0.4, 0.5) is 0 Å². The maximum atomic E-state index is 11.6. The minimum atomic E-state index is -0.376. The van der Waals surface area contributed by atoms with Crippen LogP contribution in [0, 0.1) is 5.92 Å². The van der Waals surface area contributed by atoms with Gasteiger partial charge in [-0.15, -0.1) is 11.3 Å². The number of hydrogen-bond donors (Lipinski definition) is 1. The maximum absolute atomic E-state index is 11.6. The van der Waals surface area contributed by atoms with Crippen molar-refractivity contribution >= 4 is 33.4 Å². The van der Waals surface area contributed by atoms with Gasteiger partial charge in [0.15, 0.2) is 6.61 Å². The van der Waals surface area contributed by atoms with Crippen molar-refractivity contribution in [2.75, 3.05) is 13.2 Å². The van der Waals surface area contributed by atoms with Gasteiger partial charge in [-0.3, -0.25) is 9.59 Å². The second-order valence-corrected chi connectivity index (χ2v) is 6.55. The summed E-state index contributed by atoms with van der Waals surface area (Å²) in [5.74, 6) is -0.264. The fourth-order valence-electron chi connectivity index (χ4n) is 1.82. The highest BCUT2D eigenvalue weighted by atomic mass is 32.1. The summed E-state index contributed by atoms with van der Waals surface area (Å²) in [6, 6.07) is 7.87. The molecule has 6 heteroatoms. The summed E-state index contributed by atoms with van der Waals surface area (Å²) < 4.78 is 6.07. The highest BCUT2D eigenvalue weighted by Crippen LogP contribution is 2.22. The number of aryl methyl sites for hydroxylation is 1. The van der Waals surface area contributed by atoms with Crippen molar-refractivity contribution in [2.45, 2.75) is 26.7 Å². The molecule has 0 aliphatic heterocycles. The third kappa shape index (κ3) is 5.11. The van der Waals surface area contributed by atoms with Gasteiger partial charge in [-0.25, -0.2) is 4.98 Å². The van der Waals surface area contributed by atoms with E-state index in [2.05, 4.69) is 10.3 Å². The number of aromatic nitrogens is 1. The van der Waals surface area contributed by atoms with Gasteiger partial charge in [-0.2, -0.15) is 0 Å². The quantitative estimate of drug-likeness (QED) is 0.796. The van der Waals surface area contributed by atoms with Crippen LogP contribution in [0.1, 0.15) is 25.3 Å². The number of thiazole rings is 1. The van der Waals surface area contributed by atoms with E-state index in [0.29, 0.717) is 18.9 Å². The lowest BCUT2D eigenvalue weighted by molar-refractivity contribution is -0.148. The van der Waals surface area contributed by atoms with Gasteiger partial charge < -0.3 is 10.1 Å². The Hall–Kier alpha value is -1.95. The molecule has 0 bridgehead atoms. The van der Waals surface area contributed by atoms with E-state index >= 15 is 0 Å². The van der Waals surface area contributed by atoms with E-state index in [4.69, 9.17) is 4.74 Å². The summed E-state index contributed by atoms with van der Waals surface area (Å²) in [6.07, 6.45) is 0.767. The van der Waals surface area contributed by atoms with E-state index in [9.17, 15) is 9.59 Å². The first-order valence-corrected chi connectivity index (χ1v) is 8.13. The molecular formula is C16H20N2O3S. The number of amides is 1. The first kappa shape index (κ1) is 16.4. The molecule has 0 saturated carbocycles. The number of carbonyl (C=O) groups excluding carboxylic acids is 2. The lowest BCUT2D eigenvalue weighted by Gasteiger charge is -2.07. The van der Waals surface area contributed by atoms with E-state index < -0.39 is 0 Å². The lowest BCUT2D eigenvalue weighted by atomic mass is 10.2. The molecule has 0 aliphatic rings. The number of ether oxygens (including phenoxy) is 1. The molecule has 2 rings (SSSR count). The third-order valence-electron chi connectivity index (χ3n) is 2.95. The van der Waals surface area contributed by atoms with Crippen molar-refractivity contribution in [3.8, 4) is 0 Å². The van der Waals surface area contributed by atoms with Gasteiger partial charge in [-0.1, -0.05) is 26.0 Å². The first-order valence-electron chi connectivity index (χ1n) is 7.31. The topological polar surface area (TPSA) is 68.3 Å². The smallest absolute Gasteiger partial charge is 0.306 e. The minimum absolute atomic E-state index is 0.217. The predicted octanol–water partition coefficient (Wildman–Crippen LogP) is 2.54. The summed E-state index contributed by atoms with van der Waals surface area (Å²) in [6.45, 7) is 4.38. The summed E-state index contributed by atoms with van der Waals surface area (Å²) in [5.41, 5.74) is 0.948. The van der Waals surface area contributed by atoms with Crippen LogP contribution in [0.2, 0.25) is 0 Å². The average Bonchev–Trinajstić information content (AvgIpc) is 2.91. The lowest BCUT2D eigenvalue weighted by Crippen LogP contribution is -2.31. The van der Waals surface area contributed by atoms with E-state index in [1.807, 2.05) is 38.1 Å². The maximum Gasteiger partial charge on any atom is 0.306 e. The zero-order valence-electron chi connectivity index (χ0n) is 12.8. The van der Waals surface area contributed by atoms with E-state index in [1.165, 1.54) is 0 Å². The van der Waals surface area contributed by atoms with Gasteiger partial charge in [0, 0.05) is 13.0 Å². The van der Waals surface area contributed by atoms with Crippen LogP contribution in [0.15, 0.2) is 24.3 Å². The van der Waals surface area contributed by atoms with Gasteiger partial charge in [0.2, 0.25) is 0 Å². The fourth-order valence-corrected chi connectivity index (χ4v) is 2.79. The molecule has 0 atom stereocenters. The Balaban J connectivity index is 1.72. The van der Waals surface area contributed by atoms with Crippen LogP contribution in [-0.4, -0.2) is 30.0 Å². The number of nitrogens with one attached hydrogen (secondary N) is 1. The standard InChI is InChI=1S/C16H20N2O3S/c1-11(2)9-17-14(19)10-21-16(20)8-7-15-18-12-5-3-4-6-13(12)22-15/h3-6,11H,7-10H2,1-2H3,(H,17,19). The van der Waals surface area contributed by atoms with Gasteiger partial charge in [0.25, 0.3) is 5.91 Å². The molecule has 0 radical (unpaired) electrons. The molecule has 1 heterocycles. The molecule has 22 heavy (non-hydrogen) atoms. The number of nitrogens with zero attached hydrogens (tertiary/aromatic N) is 1. The highest BCUT2D eigenvalue weighted by Gasteiger charge is 2.10. The Morgan fingerprint density at radius 3 is 2.82 bits per heavy atom. The summed E-state index contributed by atoms with van der Waals surface area (Å²) in [7, 11) is 0. The minimum Gasteiger partial charge on any atom is -0.456 e. The fraction of sp³-hybridized carbons (Fsp3) is 0.438. The molecular weight excluding hydrogens is 300 g/mol. The molecule has 2 aromatic rings. The molecule has 0 spiro atoms. The summed E-state index contributed by atoms with van der Waals surface area (Å²) in [4.78, 5) is 27.6. The molecule has 1 amide bonds. The van der Waals surface area contributed by atoms with Gasteiger partial charge in [0.1, 0.15) is 0 Å². The van der Waals surface area contributed by atoms with Crippen LogP contribution in [0.25, 0.3) is 10.2 Å². The Labute approximate surface area is 133 Å². The Bertz CT molecular complexity index is 619. The van der Waals surface area contributed by atoms with Crippen molar-refractivity contribution in [2.24, 2.45) is 5.92 Å². The molecule has 5 nitrogen and oxygen atoms in total. The largest absolute Gasteiger partial charge is 0.456 e. The van der Waals surface area contributed by atoms with Crippen LogP contribution in [0.3, 0.4) is 0 Å². The Morgan fingerprint density at radius 2 is 2.09 bits per heavy atom. The molecule has 0 aliphatic carbocycles. The summed E-state index contributed by atoms with van der Waals surface area (Å²) in [5, 5.41) is 3.61. The molecule has 0 unspecified atom stereocenters. The average molecular weight is 320 g/mol. The van der Waals surface area contributed by atoms with Gasteiger partial charge >= 0.3 is 5.97 Å².